The molecule has 2 heterocycles. The number of hydrogen-bond donors (Lipinski definition) is 3. The van der Waals surface area contributed by atoms with Gasteiger partial charge in [-0.25, -0.2) is 0 Å². The molecule has 9 heteroatoms. The van der Waals surface area contributed by atoms with Gasteiger partial charge in [-0.2, -0.15) is 5.26 Å². The van der Waals surface area contributed by atoms with Gasteiger partial charge in [-0.1, -0.05) is 41.1 Å². The monoisotopic (exact) mass is 518 g/mol. The zero-order chi connectivity index (χ0) is 25.7. The summed E-state index contributed by atoms with van der Waals surface area (Å²) in [5.41, 5.74) is 3.57. The van der Waals surface area contributed by atoms with E-state index in [9.17, 15) is 14.9 Å². The lowest BCUT2D eigenvalue weighted by Crippen LogP contribution is -2.31. The highest BCUT2D eigenvalue weighted by atomic mass is 35.5. The second-order valence-corrected chi connectivity index (χ2v) is 9.55. The third-order valence-electron chi connectivity index (χ3n) is 5.50. The van der Waals surface area contributed by atoms with Crippen molar-refractivity contribution in [2.75, 3.05) is 16.4 Å². The van der Waals surface area contributed by atoms with Crippen molar-refractivity contribution in [1.82, 2.24) is 5.32 Å². The predicted molar refractivity (Wildman–Crippen MR) is 142 cm³/mol. The smallest absolute Gasteiger partial charge is 0.254 e. The number of carbonyl (C=O) groups is 2. The number of amides is 2. The standard InChI is InChI=1S/C27H23ClN4O3S/c1-16-5-9-19(10-6-16)31-23(33)15-36-27-21(14-29)25(22-4-3-13-35-22)24(17(2)30-27)26(34)32-20-11-7-18(28)8-12-20/h3-13,25,30H,15H2,1-2H3,(H,31,33)(H,32,34)/t25-/m0/s1. The number of dihydropyridines is 1. The molecule has 1 aromatic heterocycles. The van der Waals surface area contributed by atoms with Crippen molar-refractivity contribution in [2.24, 2.45) is 0 Å². The highest BCUT2D eigenvalue weighted by Crippen LogP contribution is 2.41. The number of benzene rings is 2. The van der Waals surface area contributed by atoms with E-state index in [-0.39, 0.29) is 17.6 Å². The first-order valence-corrected chi connectivity index (χ1v) is 12.4. The summed E-state index contributed by atoms with van der Waals surface area (Å²) in [5.74, 6) is -0.793. The van der Waals surface area contributed by atoms with Crippen molar-refractivity contribution in [3.05, 3.63) is 105 Å². The number of allylic oxidation sites excluding steroid dienone is 2. The largest absolute Gasteiger partial charge is 0.468 e. The van der Waals surface area contributed by atoms with E-state index in [0.29, 0.717) is 44.0 Å². The Kier molecular flexibility index (Phi) is 7.84. The lowest BCUT2D eigenvalue weighted by atomic mass is 9.85. The van der Waals surface area contributed by atoms with E-state index in [1.807, 2.05) is 31.2 Å². The van der Waals surface area contributed by atoms with Crippen LogP contribution in [0.2, 0.25) is 5.02 Å². The summed E-state index contributed by atoms with van der Waals surface area (Å²) < 4.78 is 5.63. The molecule has 0 radical (unpaired) electrons. The Bertz CT molecular complexity index is 1370. The Labute approximate surface area is 218 Å². The van der Waals surface area contributed by atoms with Gasteiger partial charge in [0.15, 0.2) is 0 Å². The van der Waals surface area contributed by atoms with Crippen molar-refractivity contribution in [2.45, 2.75) is 19.8 Å². The first-order valence-electron chi connectivity index (χ1n) is 11.1. The van der Waals surface area contributed by atoms with Crippen LogP contribution in [-0.4, -0.2) is 17.6 Å². The third-order valence-corrected chi connectivity index (χ3v) is 6.77. The van der Waals surface area contributed by atoms with Crippen LogP contribution in [0.5, 0.6) is 0 Å². The number of nitrogens with one attached hydrogen (secondary N) is 3. The number of anilines is 2. The van der Waals surface area contributed by atoms with Gasteiger partial charge in [-0.3, -0.25) is 9.59 Å². The molecule has 0 saturated heterocycles. The first-order chi connectivity index (χ1) is 17.4. The van der Waals surface area contributed by atoms with Gasteiger partial charge in [0.2, 0.25) is 5.91 Å². The number of thioether (sulfide) groups is 1. The fraction of sp³-hybridized carbons (Fsp3) is 0.148. The molecule has 1 aliphatic rings. The van der Waals surface area contributed by atoms with Crippen LogP contribution in [0.4, 0.5) is 11.4 Å². The Morgan fingerprint density at radius 3 is 2.36 bits per heavy atom. The molecule has 0 aliphatic carbocycles. The second kappa shape index (κ2) is 11.2. The Balaban J connectivity index is 1.57. The van der Waals surface area contributed by atoms with Crippen LogP contribution in [0.15, 0.2) is 93.2 Å². The summed E-state index contributed by atoms with van der Waals surface area (Å²) in [7, 11) is 0. The van der Waals surface area contributed by atoms with Crippen LogP contribution in [-0.2, 0) is 9.59 Å². The highest BCUT2D eigenvalue weighted by molar-refractivity contribution is 8.03. The van der Waals surface area contributed by atoms with E-state index in [4.69, 9.17) is 16.0 Å². The molecule has 2 aromatic carbocycles. The molecule has 0 bridgehead atoms. The van der Waals surface area contributed by atoms with Gasteiger partial charge in [0.25, 0.3) is 5.91 Å². The summed E-state index contributed by atoms with van der Waals surface area (Å²) in [6.45, 7) is 3.73. The molecule has 1 atom stereocenters. The Morgan fingerprint density at radius 1 is 1.06 bits per heavy atom. The molecular formula is C27H23ClN4O3S. The number of hydrogen-bond acceptors (Lipinski definition) is 6. The van der Waals surface area contributed by atoms with E-state index in [1.165, 1.54) is 18.0 Å². The van der Waals surface area contributed by atoms with Crippen LogP contribution < -0.4 is 16.0 Å². The van der Waals surface area contributed by atoms with Gasteiger partial charge in [-0.15, -0.1) is 0 Å². The van der Waals surface area contributed by atoms with Gasteiger partial charge >= 0.3 is 0 Å². The zero-order valence-electron chi connectivity index (χ0n) is 19.6. The van der Waals surface area contributed by atoms with Gasteiger partial charge in [0.05, 0.1) is 40.2 Å². The second-order valence-electron chi connectivity index (χ2n) is 8.13. The number of nitriles is 1. The minimum Gasteiger partial charge on any atom is -0.468 e. The van der Waals surface area contributed by atoms with E-state index in [0.717, 1.165) is 5.56 Å². The maximum absolute atomic E-state index is 13.3. The van der Waals surface area contributed by atoms with Crippen molar-refractivity contribution in [3.8, 4) is 6.07 Å². The number of halogens is 1. The molecular weight excluding hydrogens is 496 g/mol. The minimum atomic E-state index is -0.735. The summed E-state index contributed by atoms with van der Waals surface area (Å²) in [6.07, 6.45) is 1.50. The van der Waals surface area contributed by atoms with Crippen LogP contribution in [0.25, 0.3) is 0 Å². The van der Waals surface area contributed by atoms with E-state index < -0.39 is 5.92 Å². The van der Waals surface area contributed by atoms with Gasteiger partial charge in [0, 0.05) is 22.1 Å². The molecule has 7 nitrogen and oxygen atoms in total. The Morgan fingerprint density at radius 2 is 1.72 bits per heavy atom. The van der Waals surface area contributed by atoms with Crippen molar-refractivity contribution in [3.63, 3.8) is 0 Å². The molecule has 0 unspecified atom stereocenters. The Hall–Kier alpha value is -3.93. The van der Waals surface area contributed by atoms with E-state index in [2.05, 4.69) is 22.0 Å². The lowest BCUT2D eigenvalue weighted by Gasteiger charge is -2.28. The van der Waals surface area contributed by atoms with Crippen molar-refractivity contribution in [1.29, 1.82) is 5.26 Å². The number of carbonyl (C=O) groups excluding carboxylic acids is 2. The number of rotatable bonds is 7. The van der Waals surface area contributed by atoms with E-state index >= 15 is 0 Å². The van der Waals surface area contributed by atoms with Crippen molar-refractivity contribution >= 4 is 46.6 Å². The fourth-order valence-corrected chi connectivity index (χ4v) is 4.79. The van der Waals surface area contributed by atoms with E-state index in [1.54, 1.807) is 43.3 Å². The maximum Gasteiger partial charge on any atom is 0.254 e. The van der Waals surface area contributed by atoms with Crippen LogP contribution in [0, 0.1) is 18.3 Å². The fourth-order valence-electron chi connectivity index (χ4n) is 3.77. The van der Waals surface area contributed by atoms with Gasteiger partial charge in [-0.05, 0) is 62.4 Å². The lowest BCUT2D eigenvalue weighted by molar-refractivity contribution is -0.114. The highest BCUT2D eigenvalue weighted by Gasteiger charge is 2.36. The molecule has 36 heavy (non-hydrogen) atoms. The normalized spacial score (nSPS) is 15.2. The number of furan rings is 1. The molecule has 0 spiro atoms. The number of aryl methyl sites for hydroxylation is 1. The van der Waals surface area contributed by atoms with Gasteiger partial charge < -0.3 is 20.4 Å². The molecule has 182 valence electrons. The van der Waals surface area contributed by atoms with Crippen LogP contribution in [0.1, 0.15) is 24.2 Å². The van der Waals surface area contributed by atoms with Crippen LogP contribution >= 0.6 is 23.4 Å². The zero-order valence-corrected chi connectivity index (χ0v) is 21.2. The predicted octanol–water partition coefficient (Wildman–Crippen LogP) is 5.95. The minimum absolute atomic E-state index is 0.0752. The molecule has 3 aromatic rings. The van der Waals surface area contributed by atoms with Crippen molar-refractivity contribution < 1.29 is 14.0 Å². The topological polar surface area (TPSA) is 107 Å². The SMILES string of the molecule is CC1=C(C(=O)Nc2ccc(Cl)cc2)[C@H](c2ccco2)C(C#N)=C(SCC(=O)Nc2ccc(C)cc2)N1. The summed E-state index contributed by atoms with van der Waals surface area (Å²) in [4.78, 5) is 25.9. The summed E-state index contributed by atoms with van der Waals surface area (Å²) in [5, 5.41) is 20.0. The average molecular weight is 519 g/mol. The summed E-state index contributed by atoms with van der Waals surface area (Å²) in [6, 6.07) is 19.9. The quantitative estimate of drug-likeness (QED) is 0.357. The number of nitrogens with zero attached hydrogens (tertiary/aromatic N) is 1. The molecule has 3 N–H and O–H groups in total. The van der Waals surface area contributed by atoms with Gasteiger partial charge in [0.1, 0.15) is 5.76 Å². The average Bonchev–Trinajstić information content (AvgIpc) is 3.39. The molecule has 4 rings (SSSR count). The third kappa shape index (κ3) is 5.82. The maximum atomic E-state index is 13.3. The summed E-state index contributed by atoms with van der Waals surface area (Å²) >= 11 is 7.15. The molecule has 1 aliphatic heterocycles. The molecule has 0 fully saturated rings. The molecule has 2 amide bonds. The first kappa shape index (κ1) is 25.2. The van der Waals surface area contributed by atoms with Crippen LogP contribution in [0.3, 0.4) is 0 Å². The molecule has 0 saturated carbocycles.